The molecule has 3 amide bonds. The second-order valence-corrected chi connectivity index (χ2v) is 9.01. The number of nitrogens with two attached hydrogens (primary N) is 2. The number of phenols is 1. The van der Waals surface area contributed by atoms with E-state index in [1.165, 1.54) is 17.0 Å². The molecule has 1 aliphatic rings. The first-order valence-electron chi connectivity index (χ1n) is 12.1. The van der Waals surface area contributed by atoms with Crippen molar-refractivity contribution in [3.63, 3.8) is 0 Å². The first-order valence-corrected chi connectivity index (χ1v) is 12.1. The molecule has 0 radical (unpaired) electrons. The predicted octanol–water partition coefficient (Wildman–Crippen LogP) is -1.09. The Kier molecular flexibility index (Phi) is 11.3. The molecule has 1 aromatic carbocycles. The van der Waals surface area contributed by atoms with E-state index >= 15 is 0 Å². The van der Waals surface area contributed by atoms with E-state index in [1.54, 1.807) is 12.1 Å². The molecular weight excluding hydrogens is 486 g/mol. The summed E-state index contributed by atoms with van der Waals surface area (Å²) in [5.74, 6) is -4.45. The van der Waals surface area contributed by atoms with Gasteiger partial charge < -0.3 is 42.3 Å². The third kappa shape index (κ3) is 9.03. The Morgan fingerprint density at radius 2 is 1.70 bits per heavy atom. The van der Waals surface area contributed by atoms with Gasteiger partial charge in [0, 0.05) is 13.0 Å². The number of aromatic hydroxyl groups is 1. The largest absolute Gasteiger partial charge is 0.508 e. The summed E-state index contributed by atoms with van der Waals surface area (Å²) in [6.07, 6.45) is 1.48. The molecule has 0 aromatic heterocycles. The molecule has 2 rings (SSSR count). The molecule has 37 heavy (non-hydrogen) atoms. The van der Waals surface area contributed by atoms with Crippen LogP contribution in [0.5, 0.6) is 5.75 Å². The summed E-state index contributed by atoms with van der Waals surface area (Å²) in [5, 5.41) is 32.9. The minimum Gasteiger partial charge on any atom is -0.508 e. The highest BCUT2D eigenvalue weighted by molar-refractivity contribution is 5.95. The summed E-state index contributed by atoms with van der Waals surface area (Å²) in [6, 6.07) is 1.33. The summed E-state index contributed by atoms with van der Waals surface area (Å²) in [6.45, 7) is 0.608. The van der Waals surface area contributed by atoms with Crippen molar-refractivity contribution < 1.29 is 39.3 Å². The second-order valence-electron chi connectivity index (χ2n) is 9.01. The number of nitrogens with zero attached hydrogens (tertiary/aromatic N) is 1. The lowest BCUT2D eigenvalue weighted by Gasteiger charge is -2.30. The molecular formula is C24H35N5O8. The van der Waals surface area contributed by atoms with Crippen LogP contribution >= 0.6 is 0 Å². The number of hydrogen-bond donors (Lipinski definition) is 7. The van der Waals surface area contributed by atoms with E-state index in [-0.39, 0.29) is 25.1 Å². The van der Waals surface area contributed by atoms with Crippen molar-refractivity contribution in [2.75, 3.05) is 13.1 Å². The highest BCUT2D eigenvalue weighted by atomic mass is 16.4. The number of unbranched alkanes of at least 4 members (excludes halogenated alkanes) is 1. The van der Waals surface area contributed by atoms with E-state index < -0.39 is 60.2 Å². The van der Waals surface area contributed by atoms with Crippen LogP contribution < -0.4 is 22.1 Å². The fraction of sp³-hybridized carbons (Fsp3) is 0.542. The van der Waals surface area contributed by atoms with E-state index in [9.17, 15) is 34.2 Å². The molecule has 204 valence electrons. The van der Waals surface area contributed by atoms with Crippen LogP contribution in [0.1, 0.15) is 44.1 Å². The zero-order valence-electron chi connectivity index (χ0n) is 20.5. The van der Waals surface area contributed by atoms with Crippen LogP contribution in [0.15, 0.2) is 24.3 Å². The van der Waals surface area contributed by atoms with Gasteiger partial charge in [-0.25, -0.2) is 4.79 Å². The normalized spacial score (nSPS) is 17.5. The number of phenolic OH excluding ortho intramolecular Hbond substituents is 1. The fourth-order valence-corrected chi connectivity index (χ4v) is 4.15. The number of carbonyl (C=O) groups is 5. The zero-order valence-corrected chi connectivity index (χ0v) is 20.5. The van der Waals surface area contributed by atoms with Crippen LogP contribution in [0.3, 0.4) is 0 Å². The smallest absolute Gasteiger partial charge is 0.326 e. The van der Waals surface area contributed by atoms with E-state index in [2.05, 4.69) is 10.6 Å². The standard InChI is InChI=1S/C24H35N5O8/c25-10-2-1-4-17(27-21(33)16(26)13-20(31)32)23(35)29-11-3-5-19(29)22(34)28-18(24(36)37)12-14-6-8-15(30)9-7-14/h6-9,16-19,30H,1-5,10-13,25-26H2,(H,27,33)(H,28,34)(H,31,32)(H,36,37). The second kappa shape index (κ2) is 14.1. The number of carboxylic acids is 2. The molecule has 0 aliphatic carbocycles. The Labute approximate surface area is 214 Å². The minimum absolute atomic E-state index is 0.0248. The number of rotatable bonds is 14. The van der Waals surface area contributed by atoms with Crippen molar-refractivity contribution in [2.45, 2.75) is 69.1 Å². The molecule has 9 N–H and O–H groups in total. The summed E-state index contributed by atoms with van der Waals surface area (Å²) < 4.78 is 0. The minimum atomic E-state index is -1.35. The number of carboxylic acid groups (broad SMARTS) is 2. The van der Waals surface area contributed by atoms with Gasteiger partial charge >= 0.3 is 11.9 Å². The summed E-state index contributed by atoms with van der Waals surface area (Å²) in [7, 11) is 0. The molecule has 1 heterocycles. The van der Waals surface area contributed by atoms with Gasteiger partial charge in [0.2, 0.25) is 17.7 Å². The fourth-order valence-electron chi connectivity index (χ4n) is 4.15. The number of likely N-dealkylation sites (tertiary alicyclic amines) is 1. The quantitative estimate of drug-likeness (QED) is 0.146. The summed E-state index contributed by atoms with van der Waals surface area (Å²) in [5.41, 5.74) is 11.8. The number of amides is 3. The van der Waals surface area contributed by atoms with E-state index in [0.717, 1.165) is 0 Å². The average molecular weight is 522 g/mol. The van der Waals surface area contributed by atoms with Gasteiger partial charge in [-0.05, 0) is 56.3 Å². The van der Waals surface area contributed by atoms with Crippen molar-refractivity contribution in [3.8, 4) is 5.75 Å². The lowest BCUT2D eigenvalue weighted by Crippen LogP contribution is -2.57. The number of hydrogen-bond acceptors (Lipinski definition) is 8. The summed E-state index contributed by atoms with van der Waals surface area (Å²) >= 11 is 0. The molecule has 1 saturated heterocycles. The first kappa shape index (κ1) is 29.5. The molecule has 0 bridgehead atoms. The third-order valence-corrected chi connectivity index (χ3v) is 6.12. The molecule has 1 aromatic rings. The van der Waals surface area contributed by atoms with Crippen LogP contribution in [-0.4, -0.2) is 87.1 Å². The van der Waals surface area contributed by atoms with Gasteiger partial charge in [0.15, 0.2) is 0 Å². The van der Waals surface area contributed by atoms with Crippen LogP contribution in [-0.2, 0) is 30.4 Å². The lowest BCUT2D eigenvalue weighted by molar-refractivity contribution is -0.145. The zero-order chi connectivity index (χ0) is 27.5. The topological polar surface area (TPSA) is 225 Å². The molecule has 4 unspecified atom stereocenters. The van der Waals surface area contributed by atoms with Crippen molar-refractivity contribution in [2.24, 2.45) is 11.5 Å². The Balaban J connectivity index is 2.12. The maximum atomic E-state index is 13.4. The highest BCUT2D eigenvalue weighted by Crippen LogP contribution is 2.21. The number of benzene rings is 1. The lowest BCUT2D eigenvalue weighted by atomic mass is 10.0. The van der Waals surface area contributed by atoms with E-state index in [0.29, 0.717) is 37.8 Å². The molecule has 4 atom stereocenters. The molecule has 13 nitrogen and oxygen atoms in total. The Hall–Kier alpha value is -3.71. The molecule has 13 heteroatoms. The maximum absolute atomic E-state index is 13.4. The van der Waals surface area contributed by atoms with E-state index in [4.69, 9.17) is 16.6 Å². The third-order valence-electron chi connectivity index (χ3n) is 6.12. The molecule has 0 saturated carbocycles. The number of nitrogens with one attached hydrogen (secondary N) is 2. The van der Waals surface area contributed by atoms with Gasteiger partial charge in [-0.2, -0.15) is 0 Å². The van der Waals surface area contributed by atoms with Crippen molar-refractivity contribution in [1.82, 2.24) is 15.5 Å². The monoisotopic (exact) mass is 521 g/mol. The highest BCUT2D eigenvalue weighted by Gasteiger charge is 2.39. The van der Waals surface area contributed by atoms with Crippen molar-refractivity contribution >= 4 is 29.7 Å². The van der Waals surface area contributed by atoms with Gasteiger partial charge in [-0.1, -0.05) is 12.1 Å². The Bertz CT molecular complexity index is 970. The Morgan fingerprint density at radius 1 is 1.03 bits per heavy atom. The van der Waals surface area contributed by atoms with Crippen LogP contribution in [0.4, 0.5) is 0 Å². The van der Waals surface area contributed by atoms with Crippen LogP contribution in [0.25, 0.3) is 0 Å². The molecule has 0 spiro atoms. The Morgan fingerprint density at radius 3 is 2.30 bits per heavy atom. The van der Waals surface area contributed by atoms with Crippen molar-refractivity contribution in [1.29, 1.82) is 0 Å². The average Bonchev–Trinajstić information content (AvgIpc) is 3.33. The van der Waals surface area contributed by atoms with Gasteiger partial charge in [0.25, 0.3) is 0 Å². The van der Waals surface area contributed by atoms with Crippen LogP contribution in [0, 0.1) is 0 Å². The van der Waals surface area contributed by atoms with E-state index in [1.807, 2.05) is 0 Å². The number of carbonyl (C=O) groups excluding carboxylic acids is 3. The predicted molar refractivity (Wildman–Crippen MR) is 131 cm³/mol. The molecule has 1 aliphatic heterocycles. The van der Waals surface area contributed by atoms with Crippen LogP contribution in [0.2, 0.25) is 0 Å². The first-order chi connectivity index (χ1) is 17.5. The van der Waals surface area contributed by atoms with Crippen molar-refractivity contribution in [3.05, 3.63) is 29.8 Å². The van der Waals surface area contributed by atoms with Gasteiger partial charge in [-0.15, -0.1) is 0 Å². The summed E-state index contributed by atoms with van der Waals surface area (Å²) in [4.78, 5) is 62.9. The van der Waals surface area contributed by atoms with Gasteiger partial charge in [0.1, 0.15) is 23.9 Å². The molecule has 1 fully saturated rings. The van der Waals surface area contributed by atoms with Gasteiger partial charge in [0.05, 0.1) is 12.5 Å². The number of aliphatic carboxylic acids is 2. The maximum Gasteiger partial charge on any atom is 0.326 e. The van der Waals surface area contributed by atoms with Gasteiger partial charge in [-0.3, -0.25) is 19.2 Å². The SMILES string of the molecule is NCCCCC(NC(=O)C(N)CC(=O)O)C(=O)N1CCCC1C(=O)NC(Cc1ccc(O)cc1)C(=O)O.